The number of fused-ring (bicyclic) bond motifs is 12. The van der Waals surface area contributed by atoms with Crippen LogP contribution in [-0.4, -0.2) is 9.55 Å². The third kappa shape index (κ3) is 2.20. The number of nitrogens with zero attached hydrogens (tertiary/aromatic N) is 1. The van der Waals surface area contributed by atoms with E-state index in [1.54, 1.807) is 0 Å². The minimum Gasteiger partial charge on any atom is -0.354 e. The van der Waals surface area contributed by atoms with Gasteiger partial charge in [-0.25, -0.2) is 0 Å². The lowest BCUT2D eigenvalue weighted by Gasteiger charge is -2.11. The van der Waals surface area contributed by atoms with Crippen molar-refractivity contribution in [2.24, 2.45) is 0 Å². The van der Waals surface area contributed by atoms with E-state index in [0.717, 1.165) is 0 Å². The summed E-state index contributed by atoms with van der Waals surface area (Å²) in [6.07, 6.45) is 0. The lowest BCUT2D eigenvalue weighted by atomic mass is 9.98. The number of aromatic amines is 1. The molecule has 0 bridgehead atoms. The maximum atomic E-state index is 3.75. The van der Waals surface area contributed by atoms with Crippen LogP contribution in [0.5, 0.6) is 0 Å². The highest BCUT2D eigenvalue weighted by Crippen LogP contribution is 2.46. The van der Waals surface area contributed by atoms with Gasteiger partial charge in [-0.3, -0.25) is 0 Å². The zero-order chi connectivity index (χ0) is 22.2. The molecule has 8 rings (SSSR count). The first-order chi connectivity index (χ1) is 16.9. The molecular weight excluding hydrogens is 412 g/mol. The molecule has 6 aromatic carbocycles. The van der Waals surface area contributed by atoms with Crippen LogP contribution < -0.4 is 0 Å². The van der Waals surface area contributed by atoms with Gasteiger partial charge in [-0.2, -0.15) is 0 Å². The van der Waals surface area contributed by atoms with E-state index in [9.17, 15) is 0 Å². The molecule has 2 heterocycles. The fraction of sp³-hybridized carbons (Fsp3) is 0. The van der Waals surface area contributed by atoms with Crippen molar-refractivity contribution >= 4 is 65.2 Å². The van der Waals surface area contributed by atoms with Crippen molar-refractivity contribution in [2.45, 2.75) is 0 Å². The zero-order valence-corrected chi connectivity index (χ0v) is 18.4. The number of hydrogen-bond acceptors (Lipinski definition) is 0. The fourth-order valence-electron chi connectivity index (χ4n) is 5.90. The Bertz CT molecular complexity index is 2060. The Morgan fingerprint density at radius 1 is 0.441 bits per heavy atom. The SMILES string of the molecule is c1ccc(-n2c3c4ccccc4ccc3c3c4c5ccccc5[nH]c4c4ccccc4c32)cc1. The van der Waals surface area contributed by atoms with Crippen LogP contribution in [0.1, 0.15) is 0 Å². The fourth-order valence-corrected chi connectivity index (χ4v) is 5.90. The molecule has 0 atom stereocenters. The quantitative estimate of drug-likeness (QED) is 0.268. The lowest BCUT2D eigenvalue weighted by molar-refractivity contribution is 1.19. The van der Waals surface area contributed by atoms with Crippen molar-refractivity contribution in [3.8, 4) is 5.69 Å². The van der Waals surface area contributed by atoms with Gasteiger partial charge in [0, 0.05) is 48.9 Å². The van der Waals surface area contributed by atoms with Gasteiger partial charge in [-0.1, -0.05) is 97.1 Å². The Balaban J connectivity index is 1.80. The Morgan fingerprint density at radius 2 is 1.12 bits per heavy atom. The van der Waals surface area contributed by atoms with E-state index < -0.39 is 0 Å². The summed E-state index contributed by atoms with van der Waals surface area (Å²) in [7, 11) is 0. The number of nitrogens with one attached hydrogen (secondary N) is 1. The van der Waals surface area contributed by atoms with Crippen molar-refractivity contribution in [2.75, 3.05) is 0 Å². The largest absolute Gasteiger partial charge is 0.354 e. The van der Waals surface area contributed by atoms with Crippen LogP contribution in [0.2, 0.25) is 0 Å². The standard InChI is InChI=1S/C32H20N2/c1-2-11-21(12-3-1)34-31-22-13-5-4-10-20(22)18-19-26(31)29-28-25-16-8-9-17-27(25)33-30(28)23-14-6-7-15-24(23)32(29)34/h1-19,33H. The summed E-state index contributed by atoms with van der Waals surface area (Å²) in [5.74, 6) is 0. The third-order valence-corrected chi connectivity index (χ3v) is 7.28. The van der Waals surface area contributed by atoms with Crippen LogP contribution >= 0.6 is 0 Å². The molecule has 34 heavy (non-hydrogen) atoms. The molecule has 0 saturated carbocycles. The van der Waals surface area contributed by atoms with Gasteiger partial charge in [0.2, 0.25) is 0 Å². The van der Waals surface area contributed by atoms with Gasteiger partial charge in [-0.15, -0.1) is 0 Å². The topological polar surface area (TPSA) is 20.7 Å². The number of H-pyrrole nitrogens is 1. The van der Waals surface area contributed by atoms with Crippen molar-refractivity contribution in [3.05, 3.63) is 115 Å². The first-order valence-electron chi connectivity index (χ1n) is 11.7. The van der Waals surface area contributed by atoms with Crippen molar-refractivity contribution < 1.29 is 0 Å². The summed E-state index contributed by atoms with van der Waals surface area (Å²) in [5, 5.41) is 10.2. The van der Waals surface area contributed by atoms with Crippen molar-refractivity contribution in [1.29, 1.82) is 0 Å². The van der Waals surface area contributed by atoms with Gasteiger partial charge in [0.1, 0.15) is 0 Å². The molecule has 0 amide bonds. The van der Waals surface area contributed by atoms with Gasteiger partial charge in [-0.05, 0) is 23.6 Å². The number of hydrogen-bond donors (Lipinski definition) is 1. The predicted octanol–water partition coefficient (Wildman–Crippen LogP) is 8.72. The molecule has 1 N–H and O–H groups in total. The summed E-state index contributed by atoms with van der Waals surface area (Å²) in [4.78, 5) is 3.75. The summed E-state index contributed by atoms with van der Waals surface area (Å²) < 4.78 is 2.48. The normalized spacial score (nSPS) is 12.1. The Hall–Kier alpha value is -4.56. The lowest BCUT2D eigenvalue weighted by Crippen LogP contribution is -1.95. The van der Waals surface area contributed by atoms with Crippen LogP contribution in [0.25, 0.3) is 70.8 Å². The van der Waals surface area contributed by atoms with E-state index >= 15 is 0 Å². The molecule has 2 nitrogen and oxygen atoms in total. The molecule has 0 unspecified atom stereocenters. The van der Waals surface area contributed by atoms with Crippen LogP contribution in [0.3, 0.4) is 0 Å². The van der Waals surface area contributed by atoms with Gasteiger partial charge < -0.3 is 9.55 Å². The molecule has 2 heteroatoms. The van der Waals surface area contributed by atoms with Gasteiger partial charge in [0.25, 0.3) is 0 Å². The van der Waals surface area contributed by atoms with Crippen molar-refractivity contribution in [1.82, 2.24) is 9.55 Å². The third-order valence-electron chi connectivity index (χ3n) is 7.28. The smallest absolute Gasteiger partial charge is 0.0627 e. The zero-order valence-electron chi connectivity index (χ0n) is 18.4. The van der Waals surface area contributed by atoms with Gasteiger partial charge >= 0.3 is 0 Å². The Kier molecular flexibility index (Phi) is 3.42. The number of benzene rings is 6. The van der Waals surface area contributed by atoms with Gasteiger partial charge in [0.05, 0.1) is 16.6 Å². The van der Waals surface area contributed by atoms with E-state index in [2.05, 4.69) is 125 Å². The molecule has 0 saturated heterocycles. The number of aromatic nitrogens is 2. The monoisotopic (exact) mass is 432 g/mol. The highest BCUT2D eigenvalue weighted by atomic mass is 15.0. The molecule has 0 aliphatic rings. The van der Waals surface area contributed by atoms with E-state index in [-0.39, 0.29) is 0 Å². The van der Waals surface area contributed by atoms with E-state index in [0.29, 0.717) is 0 Å². The second-order valence-corrected chi connectivity index (χ2v) is 9.04. The van der Waals surface area contributed by atoms with Crippen LogP contribution in [-0.2, 0) is 0 Å². The van der Waals surface area contributed by atoms with Crippen molar-refractivity contribution in [3.63, 3.8) is 0 Å². The van der Waals surface area contributed by atoms with Crippen LogP contribution in [0, 0.1) is 0 Å². The van der Waals surface area contributed by atoms with Gasteiger partial charge in [0.15, 0.2) is 0 Å². The minimum absolute atomic E-state index is 1.18. The molecule has 0 radical (unpaired) electrons. The summed E-state index contributed by atoms with van der Waals surface area (Å²) in [5.41, 5.74) is 6.11. The molecule has 8 aromatic rings. The van der Waals surface area contributed by atoms with Crippen LogP contribution in [0.4, 0.5) is 0 Å². The van der Waals surface area contributed by atoms with Crippen LogP contribution in [0.15, 0.2) is 115 Å². The molecule has 0 spiro atoms. The molecule has 0 aliphatic heterocycles. The maximum absolute atomic E-state index is 3.75. The number of rotatable bonds is 1. The molecule has 2 aromatic heterocycles. The highest BCUT2D eigenvalue weighted by Gasteiger charge is 2.22. The molecule has 0 fully saturated rings. The minimum atomic E-state index is 1.18. The maximum Gasteiger partial charge on any atom is 0.0627 e. The second-order valence-electron chi connectivity index (χ2n) is 9.04. The van der Waals surface area contributed by atoms with E-state index in [1.807, 2.05) is 0 Å². The highest BCUT2D eigenvalue weighted by molar-refractivity contribution is 6.38. The summed E-state index contributed by atoms with van der Waals surface area (Å²) in [6.45, 7) is 0. The predicted molar refractivity (Wildman–Crippen MR) is 145 cm³/mol. The second kappa shape index (κ2) is 6.49. The Labute approximate surface area is 195 Å². The molecule has 0 aliphatic carbocycles. The Morgan fingerprint density at radius 3 is 1.97 bits per heavy atom. The number of para-hydroxylation sites is 2. The molecular formula is C32H20N2. The summed E-state index contributed by atoms with van der Waals surface area (Å²) >= 11 is 0. The average molecular weight is 433 g/mol. The first kappa shape index (κ1) is 17.9. The average Bonchev–Trinajstić information content (AvgIpc) is 3.46. The van der Waals surface area contributed by atoms with E-state index in [1.165, 1.54) is 70.8 Å². The molecule has 158 valence electrons. The first-order valence-corrected chi connectivity index (χ1v) is 11.7. The van der Waals surface area contributed by atoms with E-state index in [4.69, 9.17) is 0 Å². The summed E-state index contributed by atoms with van der Waals surface area (Å²) in [6, 6.07) is 41.6.